The highest BCUT2D eigenvalue weighted by molar-refractivity contribution is 7.99. The minimum atomic E-state index is 0.478. The zero-order valence-corrected chi connectivity index (χ0v) is 11.0. The van der Waals surface area contributed by atoms with Crippen molar-refractivity contribution in [1.82, 2.24) is 5.32 Å². The number of nitrogens with one attached hydrogen (secondary N) is 1. The average Bonchev–Trinajstić information content (AvgIpc) is 2.80. The first kappa shape index (κ1) is 12.0. The summed E-state index contributed by atoms with van der Waals surface area (Å²) in [5.74, 6) is 3.58. The number of hydrogen-bond acceptors (Lipinski definition) is 2. The molecule has 88 valence electrons. The smallest absolute Gasteiger partial charge is 0.0291 e. The van der Waals surface area contributed by atoms with E-state index in [9.17, 15) is 0 Å². The number of aryl methyl sites for hydroxylation is 1. The fourth-order valence-electron chi connectivity index (χ4n) is 2.06. The van der Waals surface area contributed by atoms with E-state index in [1.807, 2.05) is 0 Å². The maximum atomic E-state index is 3.65. The molecular weight excluding hydrogens is 214 g/mol. The zero-order valence-electron chi connectivity index (χ0n) is 10.2. The van der Waals surface area contributed by atoms with Crippen molar-refractivity contribution in [3.8, 4) is 0 Å². The van der Waals surface area contributed by atoms with Crippen LogP contribution >= 0.6 is 11.8 Å². The molecule has 1 N–H and O–H groups in total. The maximum Gasteiger partial charge on any atom is 0.0291 e. The van der Waals surface area contributed by atoms with E-state index in [4.69, 9.17) is 0 Å². The summed E-state index contributed by atoms with van der Waals surface area (Å²) in [6.07, 6.45) is 1.39. The lowest BCUT2D eigenvalue weighted by Crippen LogP contribution is -2.25. The standard InChI is InChI=1S/C14H21NS/c1-11-3-5-14(6-4-11)12(2)15-9-13-7-8-16-10-13/h3-6,12-13,15H,7-10H2,1-2H3. The van der Waals surface area contributed by atoms with E-state index in [2.05, 4.69) is 55.2 Å². The van der Waals surface area contributed by atoms with Gasteiger partial charge in [-0.15, -0.1) is 0 Å². The molecule has 16 heavy (non-hydrogen) atoms. The highest BCUT2D eigenvalue weighted by Gasteiger charge is 2.16. The Morgan fingerprint density at radius 2 is 2.12 bits per heavy atom. The third-order valence-corrected chi connectivity index (χ3v) is 4.55. The van der Waals surface area contributed by atoms with E-state index < -0.39 is 0 Å². The second-order valence-electron chi connectivity index (χ2n) is 4.77. The minimum Gasteiger partial charge on any atom is -0.310 e. The predicted octanol–water partition coefficient (Wildman–Crippen LogP) is 3.40. The van der Waals surface area contributed by atoms with Gasteiger partial charge in [0.25, 0.3) is 0 Å². The Bertz CT molecular complexity index is 314. The quantitative estimate of drug-likeness (QED) is 0.858. The van der Waals surface area contributed by atoms with E-state index in [0.29, 0.717) is 6.04 Å². The van der Waals surface area contributed by atoms with Crippen LogP contribution in [0.25, 0.3) is 0 Å². The summed E-state index contributed by atoms with van der Waals surface area (Å²) >= 11 is 2.09. The van der Waals surface area contributed by atoms with Crippen molar-refractivity contribution in [1.29, 1.82) is 0 Å². The van der Waals surface area contributed by atoms with E-state index in [-0.39, 0.29) is 0 Å². The van der Waals surface area contributed by atoms with Crippen molar-refractivity contribution in [3.63, 3.8) is 0 Å². The Morgan fingerprint density at radius 3 is 2.75 bits per heavy atom. The molecule has 0 aromatic heterocycles. The van der Waals surface area contributed by atoms with Crippen molar-refractivity contribution >= 4 is 11.8 Å². The monoisotopic (exact) mass is 235 g/mol. The van der Waals surface area contributed by atoms with Gasteiger partial charge in [-0.1, -0.05) is 29.8 Å². The molecule has 2 unspecified atom stereocenters. The van der Waals surface area contributed by atoms with Crippen LogP contribution in [-0.2, 0) is 0 Å². The van der Waals surface area contributed by atoms with E-state index >= 15 is 0 Å². The van der Waals surface area contributed by atoms with Crippen LogP contribution in [0.3, 0.4) is 0 Å². The maximum absolute atomic E-state index is 3.65. The first-order valence-electron chi connectivity index (χ1n) is 6.13. The first-order valence-corrected chi connectivity index (χ1v) is 7.29. The third kappa shape index (κ3) is 3.26. The van der Waals surface area contributed by atoms with Crippen molar-refractivity contribution in [3.05, 3.63) is 35.4 Å². The average molecular weight is 235 g/mol. The summed E-state index contributed by atoms with van der Waals surface area (Å²) in [6, 6.07) is 9.33. The summed E-state index contributed by atoms with van der Waals surface area (Å²) in [5.41, 5.74) is 2.74. The SMILES string of the molecule is Cc1ccc(C(C)NCC2CCSC2)cc1. The van der Waals surface area contributed by atoms with Gasteiger partial charge in [0, 0.05) is 6.04 Å². The van der Waals surface area contributed by atoms with Gasteiger partial charge in [-0.2, -0.15) is 11.8 Å². The molecule has 1 heterocycles. The highest BCUT2D eigenvalue weighted by Crippen LogP contribution is 2.23. The molecule has 0 spiro atoms. The largest absolute Gasteiger partial charge is 0.310 e. The summed E-state index contributed by atoms with van der Waals surface area (Å²) < 4.78 is 0. The van der Waals surface area contributed by atoms with Crippen LogP contribution < -0.4 is 5.32 Å². The van der Waals surface area contributed by atoms with Crippen molar-refractivity contribution in [2.24, 2.45) is 5.92 Å². The van der Waals surface area contributed by atoms with Gasteiger partial charge in [-0.25, -0.2) is 0 Å². The normalized spacial score (nSPS) is 22.2. The van der Waals surface area contributed by atoms with Crippen molar-refractivity contribution < 1.29 is 0 Å². The summed E-state index contributed by atoms with van der Waals surface area (Å²) in [7, 11) is 0. The van der Waals surface area contributed by atoms with Gasteiger partial charge in [0.15, 0.2) is 0 Å². The van der Waals surface area contributed by atoms with Crippen molar-refractivity contribution in [2.45, 2.75) is 26.3 Å². The van der Waals surface area contributed by atoms with Crippen molar-refractivity contribution in [2.75, 3.05) is 18.1 Å². The molecule has 0 amide bonds. The Balaban J connectivity index is 1.82. The lowest BCUT2D eigenvalue weighted by molar-refractivity contribution is 0.477. The summed E-state index contributed by atoms with van der Waals surface area (Å²) in [6.45, 7) is 5.56. The molecule has 1 saturated heterocycles. The molecule has 2 atom stereocenters. The van der Waals surface area contributed by atoms with E-state index in [1.165, 1.54) is 35.6 Å². The number of thioether (sulfide) groups is 1. The fourth-order valence-corrected chi connectivity index (χ4v) is 3.35. The van der Waals surface area contributed by atoms with Crippen LogP contribution in [0.1, 0.15) is 30.5 Å². The van der Waals surface area contributed by atoms with Crippen LogP contribution in [0.5, 0.6) is 0 Å². The van der Waals surface area contributed by atoms with E-state index in [1.54, 1.807) is 0 Å². The van der Waals surface area contributed by atoms with Crippen LogP contribution in [0.4, 0.5) is 0 Å². The third-order valence-electron chi connectivity index (χ3n) is 3.31. The molecule has 1 aliphatic heterocycles. The fraction of sp³-hybridized carbons (Fsp3) is 0.571. The molecule has 1 aromatic rings. The predicted molar refractivity (Wildman–Crippen MR) is 73.0 cm³/mol. The number of rotatable bonds is 4. The lowest BCUT2D eigenvalue weighted by Gasteiger charge is -2.17. The second kappa shape index (κ2) is 5.74. The van der Waals surface area contributed by atoms with Gasteiger partial charge in [0.05, 0.1) is 0 Å². The molecule has 2 heteroatoms. The second-order valence-corrected chi connectivity index (χ2v) is 5.92. The molecule has 1 fully saturated rings. The molecule has 2 rings (SSSR count). The number of hydrogen-bond donors (Lipinski definition) is 1. The van der Waals surface area contributed by atoms with Crippen LogP contribution in [0, 0.1) is 12.8 Å². The van der Waals surface area contributed by atoms with Crippen LogP contribution in [0.2, 0.25) is 0 Å². The summed E-state index contributed by atoms with van der Waals surface area (Å²) in [5, 5.41) is 3.65. The van der Waals surface area contributed by atoms with Gasteiger partial charge in [-0.05, 0) is 49.8 Å². The van der Waals surface area contributed by atoms with Gasteiger partial charge < -0.3 is 5.32 Å². The molecule has 0 saturated carbocycles. The zero-order chi connectivity index (χ0) is 11.4. The first-order chi connectivity index (χ1) is 7.75. The van der Waals surface area contributed by atoms with Gasteiger partial charge in [0.1, 0.15) is 0 Å². The van der Waals surface area contributed by atoms with Crippen LogP contribution in [0.15, 0.2) is 24.3 Å². The van der Waals surface area contributed by atoms with E-state index in [0.717, 1.165) is 5.92 Å². The lowest BCUT2D eigenvalue weighted by atomic mass is 10.0. The molecule has 0 aliphatic carbocycles. The van der Waals surface area contributed by atoms with Gasteiger partial charge in [-0.3, -0.25) is 0 Å². The molecule has 1 aromatic carbocycles. The minimum absolute atomic E-state index is 0.478. The Kier molecular flexibility index (Phi) is 4.30. The van der Waals surface area contributed by atoms with Gasteiger partial charge >= 0.3 is 0 Å². The molecule has 1 nitrogen and oxygen atoms in total. The summed E-state index contributed by atoms with van der Waals surface area (Å²) in [4.78, 5) is 0. The Morgan fingerprint density at radius 1 is 1.38 bits per heavy atom. The molecular formula is C14H21NS. The topological polar surface area (TPSA) is 12.0 Å². The Labute approximate surface area is 103 Å². The van der Waals surface area contributed by atoms with Gasteiger partial charge in [0.2, 0.25) is 0 Å². The van der Waals surface area contributed by atoms with Crippen LogP contribution in [-0.4, -0.2) is 18.1 Å². The molecule has 0 radical (unpaired) electrons. The highest BCUT2D eigenvalue weighted by atomic mass is 32.2. The Hall–Kier alpha value is -0.470. The number of benzene rings is 1. The molecule has 1 aliphatic rings. The molecule has 0 bridgehead atoms.